The van der Waals surface area contributed by atoms with Crippen LogP contribution in [0.25, 0.3) is 10.6 Å². The maximum absolute atomic E-state index is 13.2. The SMILES string of the molecule is CC(C)(C)OC(=O)[C@@H]1CC[C@H]2CC[C@H](NC(=O)c3nnc(-c4ccccc4)s3)C(=O)N21. The molecule has 1 aromatic carbocycles. The highest BCUT2D eigenvalue weighted by molar-refractivity contribution is 7.16. The Morgan fingerprint density at radius 2 is 1.81 bits per heavy atom. The van der Waals surface area contributed by atoms with Crippen LogP contribution >= 0.6 is 11.3 Å². The van der Waals surface area contributed by atoms with Gasteiger partial charge in [-0.05, 0) is 46.5 Å². The molecular formula is C22H26N4O4S. The van der Waals surface area contributed by atoms with Crippen LogP contribution in [0.5, 0.6) is 0 Å². The van der Waals surface area contributed by atoms with Crippen LogP contribution < -0.4 is 5.32 Å². The summed E-state index contributed by atoms with van der Waals surface area (Å²) in [5.41, 5.74) is 0.267. The van der Waals surface area contributed by atoms with E-state index in [2.05, 4.69) is 15.5 Å². The maximum atomic E-state index is 13.2. The molecule has 0 radical (unpaired) electrons. The molecule has 0 bridgehead atoms. The van der Waals surface area contributed by atoms with Crippen LogP contribution in [0.3, 0.4) is 0 Å². The number of carbonyl (C=O) groups excluding carboxylic acids is 3. The highest BCUT2D eigenvalue weighted by Crippen LogP contribution is 2.34. The van der Waals surface area contributed by atoms with Crippen molar-refractivity contribution in [3.8, 4) is 10.6 Å². The molecule has 9 heteroatoms. The largest absolute Gasteiger partial charge is 0.458 e. The summed E-state index contributed by atoms with van der Waals surface area (Å²) >= 11 is 1.18. The van der Waals surface area contributed by atoms with Gasteiger partial charge in [-0.1, -0.05) is 41.7 Å². The van der Waals surface area contributed by atoms with Crippen molar-refractivity contribution >= 4 is 29.1 Å². The summed E-state index contributed by atoms with van der Waals surface area (Å²) in [5.74, 6) is -1.04. The first kappa shape index (κ1) is 21.4. The van der Waals surface area contributed by atoms with Crippen LogP contribution in [0.1, 0.15) is 56.3 Å². The highest BCUT2D eigenvalue weighted by Gasteiger charge is 2.47. The number of hydrogen-bond donors (Lipinski definition) is 1. The van der Waals surface area contributed by atoms with Crippen molar-refractivity contribution in [2.24, 2.45) is 0 Å². The molecule has 31 heavy (non-hydrogen) atoms. The average Bonchev–Trinajstić information content (AvgIpc) is 3.37. The number of aromatic nitrogens is 2. The van der Waals surface area contributed by atoms with Gasteiger partial charge < -0.3 is 15.0 Å². The van der Waals surface area contributed by atoms with E-state index in [1.807, 2.05) is 51.1 Å². The van der Waals surface area contributed by atoms with Gasteiger partial charge in [-0.2, -0.15) is 0 Å². The van der Waals surface area contributed by atoms with E-state index < -0.39 is 23.6 Å². The number of nitrogens with one attached hydrogen (secondary N) is 1. The summed E-state index contributed by atoms with van der Waals surface area (Å²) in [6, 6.07) is 8.23. The van der Waals surface area contributed by atoms with Gasteiger partial charge in [0.2, 0.25) is 10.9 Å². The zero-order valence-electron chi connectivity index (χ0n) is 17.8. The molecule has 8 nitrogen and oxygen atoms in total. The number of ether oxygens (including phenoxy) is 1. The van der Waals surface area contributed by atoms with Crippen molar-refractivity contribution in [1.82, 2.24) is 20.4 Å². The lowest BCUT2D eigenvalue weighted by atomic mass is 9.98. The molecule has 2 aromatic rings. The zero-order chi connectivity index (χ0) is 22.2. The molecule has 2 saturated heterocycles. The number of rotatable bonds is 4. The van der Waals surface area contributed by atoms with Gasteiger partial charge >= 0.3 is 5.97 Å². The van der Waals surface area contributed by atoms with Gasteiger partial charge in [-0.25, -0.2) is 4.79 Å². The molecule has 1 aromatic heterocycles. The van der Waals surface area contributed by atoms with Gasteiger partial charge in [0, 0.05) is 11.6 Å². The van der Waals surface area contributed by atoms with E-state index in [9.17, 15) is 14.4 Å². The Hall–Kier alpha value is -2.81. The Balaban J connectivity index is 1.44. The number of benzene rings is 1. The first-order valence-corrected chi connectivity index (χ1v) is 11.3. The third-order valence-corrected chi connectivity index (χ3v) is 6.44. The number of hydrogen-bond acceptors (Lipinski definition) is 7. The summed E-state index contributed by atoms with van der Waals surface area (Å²) in [7, 11) is 0. The number of carbonyl (C=O) groups is 3. The van der Waals surface area contributed by atoms with Gasteiger partial charge in [0.1, 0.15) is 22.7 Å². The summed E-state index contributed by atoms with van der Waals surface area (Å²) in [6.45, 7) is 5.43. The number of esters is 1. The zero-order valence-corrected chi connectivity index (χ0v) is 18.6. The minimum atomic E-state index is -0.684. The predicted octanol–water partition coefficient (Wildman–Crippen LogP) is 2.80. The lowest BCUT2D eigenvalue weighted by Gasteiger charge is -2.38. The smallest absolute Gasteiger partial charge is 0.329 e. The number of piperidine rings is 1. The lowest BCUT2D eigenvalue weighted by molar-refractivity contribution is -0.165. The summed E-state index contributed by atoms with van der Waals surface area (Å²) in [6.07, 6.45) is 2.63. The predicted molar refractivity (Wildman–Crippen MR) is 115 cm³/mol. The molecule has 2 aliphatic rings. The average molecular weight is 443 g/mol. The summed E-state index contributed by atoms with van der Waals surface area (Å²) in [5, 5.41) is 11.7. The van der Waals surface area contributed by atoms with Crippen molar-refractivity contribution in [3.05, 3.63) is 35.3 Å². The monoisotopic (exact) mass is 442 g/mol. The molecule has 2 aliphatic heterocycles. The molecule has 0 spiro atoms. The Bertz CT molecular complexity index is 985. The number of amides is 2. The fourth-order valence-electron chi connectivity index (χ4n) is 4.13. The van der Waals surface area contributed by atoms with Crippen LogP contribution in [0.4, 0.5) is 0 Å². The second-order valence-corrected chi connectivity index (χ2v) is 9.89. The number of nitrogens with zero attached hydrogens (tertiary/aromatic N) is 3. The molecule has 0 unspecified atom stereocenters. The Labute approximate surface area is 185 Å². The fraction of sp³-hybridized carbons (Fsp3) is 0.500. The van der Waals surface area contributed by atoms with E-state index in [0.29, 0.717) is 17.8 Å². The molecule has 3 atom stereocenters. The van der Waals surface area contributed by atoms with Gasteiger partial charge in [0.15, 0.2) is 0 Å². The normalized spacial score (nSPS) is 23.4. The topological polar surface area (TPSA) is 101 Å². The molecule has 0 saturated carbocycles. The Kier molecular flexibility index (Phi) is 5.79. The summed E-state index contributed by atoms with van der Waals surface area (Å²) in [4.78, 5) is 40.1. The Morgan fingerprint density at radius 3 is 2.52 bits per heavy atom. The molecule has 1 N–H and O–H groups in total. The summed E-state index contributed by atoms with van der Waals surface area (Å²) < 4.78 is 5.51. The molecule has 4 rings (SSSR count). The molecule has 2 fully saturated rings. The van der Waals surface area contributed by atoms with Gasteiger partial charge in [0.05, 0.1) is 0 Å². The third kappa shape index (κ3) is 4.61. The van der Waals surface area contributed by atoms with Gasteiger partial charge in [-0.3, -0.25) is 9.59 Å². The van der Waals surface area contributed by atoms with Crippen molar-refractivity contribution in [2.75, 3.05) is 0 Å². The van der Waals surface area contributed by atoms with E-state index in [-0.39, 0.29) is 22.9 Å². The van der Waals surface area contributed by atoms with Crippen molar-refractivity contribution < 1.29 is 19.1 Å². The molecule has 2 amide bonds. The van der Waals surface area contributed by atoms with Crippen molar-refractivity contribution in [1.29, 1.82) is 0 Å². The fourth-order valence-corrected chi connectivity index (χ4v) is 4.88. The van der Waals surface area contributed by atoms with Crippen LogP contribution in [0, 0.1) is 0 Å². The lowest BCUT2D eigenvalue weighted by Crippen LogP contribution is -2.58. The first-order valence-electron chi connectivity index (χ1n) is 10.5. The van der Waals surface area contributed by atoms with Gasteiger partial charge in [-0.15, -0.1) is 10.2 Å². The van der Waals surface area contributed by atoms with Crippen LogP contribution in [-0.4, -0.2) is 56.6 Å². The molecule has 3 heterocycles. The van der Waals surface area contributed by atoms with E-state index in [1.165, 1.54) is 11.3 Å². The van der Waals surface area contributed by atoms with Crippen LogP contribution in [0.15, 0.2) is 30.3 Å². The molecule has 0 aliphatic carbocycles. The molecule has 164 valence electrons. The molecular weight excluding hydrogens is 416 g/mol. The van der Waals surface area contributed by atoms with E-state index in [0.717, 1.165) is 18.4 Å². The minimum absolute atomic E-state index is 0.0179. The van der Waals surface area contributed by atoms with Gasteiger partial charge in [0.25, 0.3) is 5.91 Å². The third-order valence-electron chi connectivity index (χ3n) is 5.47. The van der Waals surface area contributed by atoms with Crippen molar-refractivity contribution in [3.63, 3.8) is 0 Å². The number of fused-ring (bicyclic) bond motifs is 1. The quantitative estimate of drug-likeness (QED) is 0.731. The van der Waals surface area contributed by atoms with Crippen molar-refractivity contribution in [2.45, 2.75) is 70.2 Å². The van der Waals surface area contributed by atoms with E-state index >= 15 is 0 Å². The van der Waals surface area contributed by atoms with E-state index in [4.69, 9.17) is 4.74 Å². The maximum Gasteiger partial charge on any atom is 0.329 e. The highest BCUT2D eigenvalue weighted by atomic mass is 32.1. The van der Waals surface area contributed by atoms with E-state index in [1.54, 1.807) is 4.90 Å². The second-order valence-electron chi connectivity index (χ2n) is 8.91. The van der Waals surface area contributed by atoms with Crippen LogP contribution in [0.2, 0.25) is 0 Å². The standard InChI is InChI=1S/C22H26N4O4S/c1-22(2,3)30-21(29)16-12-10-14-9-11-15(20(28)26(14)16)23-17(27)19-25-24-18(31-19)13-7-5-4-6-8-13/h4-8,14-16H,9-12H2,1-3H3,(H,23,27)/t14-,15+,16+/m1/s1. The van der Waals surface area contributed by atoms with Crippen LogP contribution in [-0.2, 0) is 14.3 Å². The Morgan fingerprint density at radius 1 is 1.10 bits per heavy atom. The second kappa shape index (κ2) is 8.37. The first-order chi connectivity index (χ1) is 14.7. The minimum Gasteiger partial charge on any atom is -0.458 e.